The third-order valence-electron chi connectivity index (χ3n) is 2.35. The van der Waals surface area contributed by atoms with Gasteiger partial charge < -0.3 is 5.32 Å². The standard InChI is InChI=1S/C13H7ClF3NO/c14-10-5-7(15)1-3-9(10)13(19)18-8-2-4-11(16)12(17)6-8/h1-6H,(H,18,19). The molecule has 0 saturated heterocycles. The minimum atomic E-state index is -1.08. The topological polar surface area (TPSA) is 29.1 Å². The van der Waals surface area contributed by atoms with E-state index in [2.05, 4.69) is 5.32 Å². The lowest BCUT2D eigenvalue weighted by molar-refractivity contribution is 0.102. The minimum Gasteiger partial charge on any atom is -0.322 e. The summed E-state index contributed by atoms with van der Waals surface area (Å²) in [7, 11) is 0. The summed E-state index contributed by atoms with van der Waals surface area (Å²) in [6.45, 7) is 0. The fraction of sp³-hybridized carbons (Fsp3) is 0. The lowest BCUT2D eigenvalue weighted by Gasteiger charge is -2.07. The number of nitrogens with one attached hydrogen (secondary N) is 1. The third kappa shape index (κ3) is 3.06. The monoisotopic (exact) mass is 285 g/mol. The molecule has 0 spiro atoms. The maximum atomic E-state index is 13.0. The first-order chi connectivity index (χ1) is 8.97. The second kappa shape index (κ2) is 5.32. The van der Waals surface area contributed by atoms with E-state index >= 15 is 0 Å². The van der Waals surface area contributed by atoms with Gasteiger partial charge >= 0.3 is 0 Å². The molecule has 2 aromatic rings. The second-order valence-electron chi connectivity index (χ2n) is 3.71. The SMILES string of the molecule is O=C(Nc1ccc(F)c(F)c1)c1ccc(F)cc1Cl. The molecule has 0 unspecified atom stereocenters. The molecule has 2 nitrogen and oxygen atoms in total. The van der Waals surface area contributed by atoms with E-state index < -0.39 is 23.4 Å². The number of anilines is 1. The summed E-state index contributed by atoms with van der Waals surface area (Å²) in [5.74, 6) is -3.31. The Morgan fingerprint density at radius 2 is 1.74 bits per heavy atom. The average molecular weight is 286 g/mol. The highest BCUT2D eigenvalue weighted by molar-refractivity contribution is 6.34. The molecular formula is C13H7ClF3NO. The predicted molar refractivity (Wildman–Crippen MR) is 65.7 cm³/mol. The molecule has 6 heteroatoms. The van der Waals surface area contributed by atoms with Crippen LogP contribution in [0, 0.1) is 17.5 Å². The van der Waals surface area contributed by atoms with Gasteiger partial charge in [-0.05, 0) is 30.3 Å². The number of rotatable bonds is 2. The van der Waals surface area contributed by atoms with Crippen LogP contribution in [0.2, 0.25) is 5.02 Å². The van der Waals surface area contributed by atoms with Gasteiger partial charge in [0.05, 0.1) is 10.6 Å². The van der Waals surface area contributed by atoms with E-state index in [0.717, 1.165) is 24.3 Å². The summed E-state index contributed by atoms with van der Waals surface area (Å²) in [5.41, 5.74) is 0.108. The van der Waals surface area contributed by atoms with E-state index in [1.807, 2.05) is 0 Å². The Bertz CT molecular complexity index is 646. The highest BCUT2D eigenvalue weighted by Crippen LogP contribution is 2.19. The zero-order chi connectivity index (χ0) is 14.0. The Balaban J connectivity index is 2.23. The zero-order valence-electron chi connectivity index (χ0n) is 9.38. The van der Waals surface area contributed by atoms with Gasteiger partial charge in [0.15, 0.2) is 11.6 Å². The normalized spacial score (nSPS) is 10.3. The fourth-order valence-electron chi connectivity index (χ4n) is 1.45. The van der Waals surface area contributed by atoms with Crippen molar-refractivity contribution in [3.8, 4) is 0 Å². The first-order valence-corrected chi connectivity index (χ1v) is 5.56. The molecule has 0 heterocycles. The predicted octanol–water partition coefficient (Wildman–Crippen LogP) is 4.01. The lowest BCUT2D eigenvalue weighted by Crippen LogP contribution is -2.12. The summed E-state index contributed by atoms with van der Waals surface area (Å²) in [4.78, 5) is 11.8. The van der Waals surface area contributed by atoms with Crippen molar-refractivity contribution < 1.29 is 18.0 Å². The number of carbonyl (C=O) groups excluding carboxylic acids is 1. The molecule has 1 N–H and O–H groups in total. The number of carbonyl (C=O) groups is 1. The molecule has 2 rings (SSSR count). The highest BCUT2D eigenvalue weighted by atomic mass is 35.5. The zero-order valence-corrected chi connectivity index (χ0v) is 10.1. The van der Waals surface area contributed by atoms with Gasteiger partial charge in [0.2, 0.25) is 0 Å². The molecule has 0 aromatic heterocycles. The van der Waals surface area contributed by atoms with Gasteiger partial charge in [-0.1, -0.05) is 11.6 Å². The average Bonchev–Trinajstić information content (AvgIpc) is 2.33. The van der Waals surface area contributed by atoms with Crippen molar-refractivity contribution in [2.75, 3.05) is 5.32 Å². The van der Waals surface area contributed by atoms with Crippen molar-refractivity contribution in [2.45, 2.75) is 0 Å². The maximum Gasteiger partial charge on any atom is 0.257 e. The Hall–Kier alpha value is -2.01. The molecule has 0 aliphatic carbocycles. The van der Waals surface area contributed by atoms with Gasteiger partial charge in [0.25, 0.3) is 5.91 Å². The minimum absolute atomic E-state index is 0.0350. The van der Waals surface area contributed by atoms with E-state index in [4.69, 9.17) is 11.6 Å². The van der Waals surface area contributed by atoms with Crippen LogP contribution in [0.5, 0.6) is 0 Å². The summed E-state index contributed by atoms with van der Waals surface area (Å²) in [6, 6.07) is 6.19. The quantitative estimate of drug-likeness (QED) is 0.887. The van der Waals surface area contributed by atoms with Gasteiger partial charge in [-0.3, -0.25) is 4.79 Å². The summed E-state index contributed by atoms with van der Waals surface area (Å²) < 4.78 is 38.5. The smallest absolute Gasteiger partial charge is 0.257 e. The van der Waals surface area contributed by atoms with Crippen molar-refractivity contribution in [3.63, 3.8) is 0 Å². The van der Waals surface area contributed by atoms with Crippen LogP contribution < -0.4 is 5.32 Å². The first-order valence-electron chi connectivity index (χ1n) is 5.19. The Labute approximate surface area is 111 Å². The van der Waals surface area contributed by atoms with Gasteiger partial charge in [0.1, 0.15) is 5.82 Å². The van der Waals surface area contributed by atoms with Crippen LogP contribution in [0.4, 0.5) is 18.9 Å². The van der Waals surface area contributed by atoms with Crippen LogP contribution in [-0.2, 0) is 0 Å². The molecule has 0 fully saturated rings. The van der Waals surface area contributed by atoms with Crippen molar-refractivity contribution >= 4 is 23.2 Å². The Morgan fingerprint density at radius 3 is 2.37 bits per heavy atom. The van der Waals surface area contributed by atoms with Crippen LogP contribution in [-0.4, -0.2) is 5.91 Å². The molecule has 2 aromatic carbocycles. The summed E-state index contributed by atoms with van der Waals surface area (Å²) >= 11 is 5.71. The molecule has 0 aliphatic heterocycles. The number of hydrogen-bond acceptors (Lipinski definition) is 1. The number of benzene rings is 2. The van der Waals surface area contributed by atoms with Gasteiger partial charge in [-0.15, -0.1) is 0 Å². The van der Waals surface area contributed by atoms with E-state index in [9.17, 15) is 18.0 Å². The van der Waals surface area contributed by atoms with Crippen LogP contribution >= 0.6 is 11.6 Å². The molecule has 98 valence electrons. The van der Waals surface area contributed by atoms with Crippen LogP contribution in [0.3, 0.4) is 0 Å². The molecule has 0 atom stereocenters. The second-order valence-corrected chi connectivity index (χ2v) is 4.11. The Morgan fingerprint density at radius 1 is 1.00 bits per heavy atom. The van der Waals surface area contributed by atoms with E-state index in [-0.39, 0.29) is 16.3 Å². The third-order valence-corrected chi connectivity index (χ3v) is 2.67. The van der Waals surface area contributed by atoms with Crippen molar-refractivity contribution in [3.05, 3.63) is 64.4 Å². The first kappa shape index (κ1) is 13.4. The van der Waals surface area contributed by atoms with E-state index in [0.29, 0.717) is 0 Å². The number of hydrogen-bond donors (Lipinski definition) is 1. The van der Waals surface area contributed by atoms with E-state index in [1.165, 1.54) is 12.1 Å². The fourth-order valence-corrected chi connectivity index (χ4v) is 1.70. The van der Waals surface area contributed by atoms with Crippen LogP contribution in [0.25, 0.3) is 0 Å². The van der Waals surface area contributed by atoms with Crippen molar-refractivity contribution in [1.29, 1.82) is 0 Å². The molecule has 0 radical (unpaired) electrons. The van der Waals surface area contributed by atoms with Crippen LogP contribution in [0.15, 0.2) is 36.4 Å². The van der Waals surface area contributed by atoms with Crippen molar-refractivity contribution in [1.82, 2.24) is 0 Å². The Kier molecular flexibility index (Phi) is 3.76. The van der Waals surface area contributed by atoms with Gasteiger partial charge in [-0.2, -0.15) is 0 Å². The highest BCUT2D eigenvalue weighted by Gasteiger charge is 2.12. The summed E-state index contributed by atoms with van der Waals surface area (Å²) in [6.07, 6.45) is 0. The summed E-state index contributed by atoms with van der Waals surface area (Å²) in [5, 5.41) is 2.26. The van der Waals surface area contributed by atoms with E-state index in [1.54, 1.807) is 0 Å². The van der Waals surface area contributed by atoms with Gasteiger partial charge in [0, 0.05) is 11.8 Å². The molecule has 0 aliphatic rings. The lowest BCUT2D eigenvalue weighted by atomic mass is 10.2. The molecular weight excluding hydrogens is 279 g/mol. The molecule has 1 amide bonds. The molecule has 0 saturated carbocycles. The number of amides is 1. The van der Waals surface area contributed by atoms with Gasteiger partial charge in [-0.25, -0.2) is 13.2 Å². The number of halogens is 4. The largest absolute Gasteiger partial charge is 0.322 e. The van der Waals surface area contributed by atoms with Crippen LogP contribution in [0.1, 0.15) is 10.4 Å². The molecule has 19 heavy (non-hydrogen) atoms. The maximum absolute atomic E-state index is 13.0. The molecule has 0 bridgehead atoms. The van der Waals surface area contributed by atoms with Crippen molar-refractivity contribution in [2.24, 2.45) is 0 Å².